The summed E-state index contributed by atoms with van der Waals surface area (Å²) in [7, 11) is 0. The average Bonchev–Trinajstić information content (AvgIpc) is 2.28. The van der Waals surface area contributed by atoms with Crippen LogP contribution in [0.25, 0.3) is 10.8 Å². The molecule has 16 heavy (non-hydrogen) atoms. The Hall–Kier alpha value is -2.37. The number of fused-ring (bicyclic) bond motifs is 1. The van der Waals surface area contributed by atoms with E-state index >= 15 is 0 Å². The molecule has 6 heteroatoms. The van der Waals surface area contributed by atoms with E-state index in [1.807, 2.05) is 6.07 Å². The molecule has 0 unspecified atom stereocenters. The van der Waals surface area contributed by atoms with Crippen LogP contribution in [0.2, 0.25) is 0 Å². The number of carbonyl (C=O) groups excluding carboxylic acids is 1. The summed E-state index contributed by atoms with van der Waals surface area (Å²) in [6, 6.07) is 7.10. The molecule has 0 saturated carbocycles. The van der Waals surface area contributed by atoms with Gasteiger partial charge in [-0.15, -0.1) is 4.79 Å². The van der Waals surface area contributed by atoms with Crippen molar-refractivity contribution in [3.63, 3.8) is 0 Å². The van der Waals surface area contributed by atoms with E-state index in [2.05, 4.69) is 16.1 Å². The zero-order valence-electron chi connectivity index (χ0n) is 8.60. The van der Waals surface area contributed by atoms with Crippen LogP contribution in [0.5, 0.6) is 0 Å². The van der Waals surface area contributed by atoms with Gasteiger partial charge in [-0.2, -0.15) is 5.10 Å². The Kier molecular flexibility index (Phi) is 2.55. The highest BCUT2D eigenvalue weighted by molar-refractivity contribution is 5.80. The SMILES string of the molecule is CC(=O)NNn1ncc2ccccc2c1=O. The minimum Gasteiger partial charge on any atom is -0.274 e. The van der Waals surface area contributed by atoms with Gasteiger partial charge in [-0.25, -0.2) is 5.53 Å². The lowest BCUT2D eigenvalue weighted by Crippen LogP contribution is -2.41. The zero-order valence-corrected chi connectivity index (χ0v) is 8.60. The van der Waals surface area contributed by atoms with Gasteiger partial charge in [0.05, 0.1) is 11.6 Å². The van der Waals surface area contributed by atoms with Gasteiger partial charge in [0.1, 0.15) is 0 Å². The molecule has 2 N–H and O–H groups in total. The van der Waals surface area contributed by atoms with Crippen molar-refractivity contribution in [3.8, 4) is 0 Å². The van der Waals surface area contributed by atoms with Crippen LogP contribution in [0.3, 0.4) is 0 Å². The zero-order chi connectivity index (χ0) is 11.5. The maximum atomic E-state index is 11.8. The van der Waals surface area contributed by atoms with Crippen molar-refractivity contribution >= 4 is 16.7 Å². The maximum absolute atomic E-state index is 11.8. The van der Waals surface area contributed by atoms with Gasteiger partial charge in [0, 0.05) is 12.3 Å². The minimum absolute atomic E-state index is 0.304. The summed E-state index contributed by atoms with van der Waals surface area (Å²) >= 11 is 0. The lowest BCUT2D eigenvalue weighted by Gasteiger charge is -2.07. The van der Waals surface area contributed by atoms with Gasteiger partial charge in [0.15, 0.2) is 0 Å². The first-order chi connectivity index (χ1) is 7.68. The molecule has 0 aliphatic rings. The summed E-state index contributed by atoms with van der Waals surface area (Å²) in [4.78, 5) is 23.5. The molecule has 0 fully saturated rings. The summed E-state index contributed by atoms with van der Waals surface area (Å²) in [5, 5.41) is 5.15. The number of nitrogens with zero attached hydrogens (tertiary/aromatic N) is 2. The number of amides is 1. The van der Waals surface area contributed by atoms with E-state index in [-0.39, 0.29) is 11.5 Å². The van der Waals surface area contributed by atoms with Crippen LogP contribution < -0.4 is 16.5 Å². The number of nitrogens with one attached hydrogen (secondary N) is 2. The van der Waals surface area contributed by atoms with Gasteiger partial charge >= 0.3 is 0 Å². The Labute approximate surface area is 90.8 Å². The Morgan fingerprint density at radius 3 is 2.88 bits per heavy atom. The van der Waals surface area contributed by atoms with E-state index in [4.69, 9.17) is 0 Å². The van der Waals surface area contributed by atoms with Gasteiger partial charge in [0.25, 0.3) is 5.56 Å². The maximum Gasteiger partial charge on any atom is 0.295 e. The van der Waals surface area contributed by atoms with Gasteiger partial charge in [-0.1, -0.05) is 18.2 Å². The first-order valence-electron chi connectivity index (χ1n) is 4.68. The molecular formula is C10H10N4O2. The quantitative estimate of drug-likeness (QED) is 0.695. The van der Waals surface area contributed by atoms with Crippen molar-refractivity contribution in [1.82, 2.24) is 15.3 Å². The smallest absolute Gasteiger partial charge is 0.274 e. The molecule has 82 valence electrons. The monoisotopic (exact) mass is 218 g/mol. The van der Waals surface area contributed by atoms with Crippen LogP contribution in [0.1, 0.15) is 6.92 Å². The van der Waals surface area contributed by atoms with Crippen molar-refractivity contribution in [1.29, 1.82) is 0 Å². The molecule has 0 aliphatic carbocycles. The lowest BCUT2D eigenvalue weighted by atomic mass is 10.2. The number of aromatic nitrogens is 2. The van der Waals surface area contributed by atoms with Crippen molar-refractivity contribution < 1.29 is 4.79 Å². The summed E-state index contributed by atoms with van der Waals surface area (Å²) < 4.78 is 0. The summed E-state index contributed by atoms with van der Waals surface area (Å²) in [5.74, 6) is -0.304. The Morgan fingerprint density at radius 2 is 2.12 bits per heavy atom. The number of hydrazine groups is 1. The summed E-state index contributed by atoms with van der Waals surface area (Å²) in [5.41, 5.74) is 4.36. The van der Waals surface area contributed by atoms with Crippen LogP contribution in [-0.4, -0.2) is 15.8 Å². The molecular weight excluding hydrogens is 208 g/mol. The number of carbonyl (C=O) groups is 1. The third kappa shape index (κ3) is 1.85. The third-order valence-electron chi connectivity index (χ3n) is 2.03. The van der Waals surface area contributed by atoms with Gasteiger partial charge in [-0.05, 0) is 6.07 Å². The Morgan fingerprint density at radius 1 is 1.38 bits per heavy atom. The standard InChI is InChI=1S/C10H10N4O2/c1-7(15)12-13-14-10(16)9-5-3-2-4-8(9)6-11-14/h2-6,13H,1H3,(H,12,15). The average molecular weight is 218 g/mol. The molecule has 1 amide bonds. The second kappa shape index (κ2) is 4.01. The highest BCUT2D eigenvalue weighted by Crippen LogP contribution is 2.05. The Balaban J connectivity index is 2.45. The highest BCUT2D eigenvalue weighted by Gasteiger charge is 2.02. The van der Waals surface area contributed by atoms with Crippen molar-refractivity contribution in [3.05, 3.63) is 40.8 Å². The molecule has 6 nitrogen and oxygen atoms in total. The van der Waals surface area contributed by atoms with Gasteiger partial charge < -0.3 is 0 Å². The van der Waals surface area contributed by atoms with Crippen molar-refractivity contribution in [2.24, 2.45) is 0 Å². The highest BCUT2D eigenvalue weighted by atomic mass is 16.2. The molecule has 0 atom stereocenters. The number of rotatable bonds is 2. The fourth-order valence-electron chi connectivity index (χ4n) is 1.30. The number of hydrogen-bond donors (Lipinski definition) is 2. The van der Waals surface area contributed by atoms with E-state index in [0.717, 1.165) is 10.2 Å². The summed E-state index contributed by atoms with van der Waals surface area (Å²) in [6.07, 6.45) is 1.55. The van der Waals surface area contributed by atoms with E-state index < -0.39 is 0 Å². The predicted octanol–water partition coefficient (Wildman–Crippen LogP) is -0.00890. The van der Waals surface area contributed by atoms with Crippen LogP contribution in [0, 0.1) is 0 Å². The number of benzene rings is 1. The molecule has 1 aromatic heterocycles. The van der Waals surface area contributed by atoms with E-state index in [1.165, 1.54) is 6.92 Å². The van der Waals surface area contributed by atoms with Gasteiger partial charge in [0.2, 0.25) is 5.91 Å². The van der Waals surface area contributed by atoms with Crippen molar-refractivity contribution in [2.45, 2.75) is 6.92 Å². The number of hydrogen-bond acceptors (Lipinski definition) is 4. The molecule has 0 bridgehead atoms. The van der Waals surface area contributed by atoms with Crippen LogP contribution in [-0.2, 0) is 4.79 Å². The first kappa shape index (κ1) is 10.2. The minimum atomic E-state index is -0.313. The molecule has 2 aromatic rings. The first-order valence-corrected chi connectivity index (χ1v) is 4.68. The lowest BCUT2D eigenvalue weighted by molar-refractivity contribution is -0.118. The van der Waals surface area contributed by atoms with Crippen LogP contribution >= 0.6 is 0 Å². The molecule has 0 saturated heterocycles. The largest absolute Gasteiger partial charge is 0.295 e. The normalized spacial score (nSPS) is 10.1. The van der Waals surface area contributed by atoms with E-state index in [0.29, 0.717) is 5.39 Å². The third-order valence-corrected chi connectivity index (χ3v) is 2.03. The van der Waals surface area contributed by atoms with Crippen LogP contribution in [0.4, 0.5) is 0 Å². The van der Waals surface area contributed by atoms with E-state index in [1.54, 1.807) is 24.4 Å². The topological polar surface area (TPSA) is 76.0 Å². The molecule has 1 heterocycles. The molecule has 0 aliphatic heterocycles. The van der Waals surface area contributed by atoms with E-state index in [9.17, 15) is 9.59 Å². The molecule has 1 aromatic carbocycles. The fourth-order valence-corrected chi connectivity index (χ4v) is 1.30. The fraction of sp³-hybridized carbons (Fsp3) is 0.100. The van der Waals surface area contributed by atoms with Crippen LogP contribution in [0.15, 0.2) is 35.3 Å². The Bertz CT molecular complexity index is 591. The molecule has 2 rings (SSSR count). The molecule has 0 radical (unpaired) electrons. The second-order valence-corrected chi connectivity index (χ2v) is 3.24. The van der Waals surface area contributed by atoms with Gasteiger partial charge in [-0.3, -0.25) is 15.0 Å². The second-order valence-electron chi connectivity index (χ2n) is 3.24. The molecule has 0 spiro atoms. The van der Waals surface area contributed by atoms with Crippen molar-refractivity contribution in [2.75, 3.05) is 5.53 Å². The predicted molar refractivity (Wildman–Crippen MR) is 59.2 cm³/mol. The summed E-state index contributed by atoms with van der Waals surface area (Å²) in [6.45, 7) is 1.33.